The van der Waals surface area contributed by atoms with Crippen molar-refractivity contribution in [2.45, 2.75) is 10.5 Å². The number of hydrogen-bond acceptors (Lipinski definition) is 0. The van der Waals surface area contributed by atoms with Crippen LogP contribution in [0.3, 0.4) is 0 Å². The molecule has 0 fully saturated rings. The molecule has 0 aliphatic rings. The maximum absolute atomic E-state index is 3.21. The van der Waals surface area contributed by atoms with E-state index in [1.165, 1.54) is 4.00 Å². The first-order valence-electron chi connectivity index (χ1n) is 2.74. The zero-order chi connectivity index (χ0) is 5.98. The molecule has 0 atom stereocenters. The fourth-order valence-electron chi connectivity index (χ4n) is 0.641. The number of halogens is 2. The minimum Gasteiger partial charge on any atom is -1.00 e. The van der Waals surface area contributed by atoms with Gasteiger partial charge in [0.2, 0.25) is 0 Å². The fraction of sp³-hybridized carbons (Fsp3) is 0.333. The molecule has 1 rings (SSSR count). The quantitative estimate of drug-likeness (QED) is 0.453. The van der Waals surface area contributed by atoms with Crippen LogP contribution in [0.4, 0.5) is 0 Å². The predicted molar refractivity (Wildman–Crippen MR) is 32.2 cm³/mol. The number of aromatic amines is 1. The summed E-state index contributed by atoms with van der Waals surface area (Å²) in [4.78, 5) is 3.21. The van der Waals surface area contributed by atoms with E-state index in [1.807, 2.05) is 6.20 Å². The molecule has 4 heteroatoms. The summed E-state index contributed by atoms with van der Waals surface area (Å²) in [5.74, 6) is 0. The molecule has 1 heterocycles. The van der Waals surface area contributed by atoms with Gasteiger partial charge in [-0.1, -0.05) is 0 Å². The van der Waals surface area contributed by atoms with E-state index in [0.717, 1.165) is 0 Å². The van der Waals surface area contributed by atoms with Gasteiger partial charge in [-0.15, -0.1) is 0 Å². The SMILES string of the molecule is [CH3][Ti+2]([CH3])[c]1ccc[nH]1.[Cl-].[Cl-]. The van der Waals surface area contributed by atoms with E-state index in [0.29, 0.717) is 0 Å². The van der Waals surface area contributed by atoms with Crippen LogP contribution < -0.4 is 28.8 Å². The number of H-pyrrole nitrogens is 1. The second kappa shape index (κ2) is 6.30. The van der Waals surface area contributed by atoms with Crippen LogP contribution >= 0.6 is 0 Å². The molecule has 0 saturated carbocycles. The Morgan fingerprint density at radius 1 is 1.30 bits per heavy atom. The van der Waals surface area contributed by atoms with Crippen molar-refractivity contribution < 1.29 is 42.7 Å². The number of nitrogens with one attached hydrogen (secondary N) is 1. The summed E-state index contributed by atoms with van der Waals surface area (Å²) in [5.41, 5.74) is 0. The zero-order valence-corrected chi connectivity index (χ0v) is 9.06. The Morgan fingerprint density at radius 3 is 2.10 bits per heavy atom. The van der Waals surface area contributed by atoms with Gasteiger partial charge in [0.1, 0.15) is 0 Å². The van der Waals surface area contributed by atoms with Gasteiger partial charge in [-0.3, -0.25) is 0 Å². The summed E-state index contributed by atoms with van der Waals surface area (Å²) in [5, 5.41) is 4.68. The van der Waals surface area contributed by atoms with Crippen LogP contribution in [0.15, 0.2) is 18.3 Å². The predicted octanol–water partition coefficient (Wildman–Crippen LogP) is -4.64. The maximum atomic E-state index is 3.21. The molecule has 1 N–H and O–H groups in total. The van der Waals surface area contributed by atoms with Gasteiger partial charge in [-0.25, -0.2) is 0 Å². The molecule has 0 aliphatic heterocycles. The minimum absolute atomic E-state index is 0. The van der Waals surface area contributed by atoms with E-state index in [-0.39, 0.29) is 24.8 Å². The van der Waals surface area contributed by atoms with Crippen molar-refractivity contribution in [3.05, 3.63) is 18.3 Å². The van der Waals surface area contributed by atoms with Gasteiger partial charge >= 0.3 is 55.6 Å². The summed E-state index contributed by atoms with van der Waals surface area (Å²) >= 11 is -0.769. The summed E-state index contributed by atoms with van der Waals surface area (Å²) in [6, 6.07) is 4.24. The second-order valence-corrected chi connectivity index (χ2v) is 6.05. The van der Waals surface area contributed by atoms with Crippen LogP contribution in [0.5, 0.6) is 0 Å². The van der Waals surface area contributed by atoms with E-state index < -0.39 is 17.9 Å². The standard InChI is InChI=1S/C4H4N.2CH3.2ClH.Ti/c1-2-4-5-3-1;;;;;/h1-3,5H;2*1H3;2*1H;/q;;;;;+2/p-2. The molecule has 1 aromatic heterocycles. The first-order valence-corrected chi connectivity index (χ1v) is 6.65. The number of aromatic nitrogens is 1. The molecule has 0 amide bonds. The number of hydrogen-bond donors (Lipinski definition) is 1. The van der Waals surface area contributed by atoms with Gasteiger partial charge in [0.15, 0.2) is 0 Å². The molecule has 10 heavy (non-hydrogen) atoms. The first-order chi connectivity index (χ1) is 3.80. The van der Waals surface area contributed by atoms with E-state index in [2.05, 4.69) is 27.6 Å². The third-order valence-corrected chi connectivity index (χ3v) is 3.30. The van der Waals surface area contributed by atoms with E-state index in [1.54, 1.807) is 0 Å². The Hall–Kier alpha value is 0.574. The second-order valence-electron chi connectivity index (χ2n) is 2.08. The molecule has 0 radical (unpaired) electrons. The first kappa shape index (κ1) is 13.2. The van der Waals surface area contributed by atoms with Crippen molar-refractivity contribution in [1.82, 2.24) is 4.98 Å². The topological polar surface area (TPSA) is 15.8 Å². The van der Waals surface area contributed by atoms with E-state index in [9.17, 15) is 0 Å². The van der Waals surface area contributed by atoms with Crippen molar-refractivity contribution in [1.29, 1.82) is 0 Å². The Kier molecular flexibility index (Phi) is 8.30. The van der Waals surface area contributed by atoms with Crippen molar-refractivity contribution in [2.24, 2.45) is 0 Å². The Bertz CT molecular complexity index is 151. The zero-order valence-electron chi connectivity index (χ0n) is 5.99. The summed E-state index contributed by atoms with van der Waals surface area (Å²) < 4.78 is 1.48. The monoisotopic (exact) mass is 214 g/mol. The van der Waals surface area contributed by atoms with E-state index in [4.69, 9.17) is 0 Å². The van der Waals surface area contributed by atoms with Gasteiger partial charge in [0.25, 0.3) is 0 Å². The Labute approximate surface area is 80.3 Å². The Balaban J connectivity index is 0. The van der Waals surface area contributed by atoms with Crippen LogP contribution in [-0.2, 0) is 17.9 Å². The molecule has 57 valence electrons. The van der Waals surface area contributed by atoms with Gasteiger partial charge in [0, 0.05) is 0 Å². The molecule has 0 spiro atoms. The summed E-state index contributed by atoms with van der Waals surface area (Å²) in [6.45, 7) is 0. The van der Waals surface area contributed by atoms with Crippen molar-refractivity contribution >= 4 is 4.00 Å². The normalized spacial score (nSPS) is 7.40. The van der Waals surface area contributed by atoms with Gasteiger partial charge in [-0.2, -0.15) is 0 Å². The molecular formula is C6H10Cl2NTi. The molecule has 0 bridgehead atoms. The van der Waals surface area contributed by atoms with E-state index >= 15 is 0 Å². The average Bonchev–Trinajstić information content (AvgIpc) is 2.12. The average molecular weight is 215 g/mol. The van der Waals surface area contributed by atoms with Gasteiger partial charge in [-0.05, 0) is 0 Å². The maximum Gasteiger partial charge on any atom is -1.00 e. The van der Waals surface area contributed by atoms with Gasteiger partial charge < -0.3 is 24.8 Å². The van der Waals surface area contributed by atoms with Crippen LogP contribution in [0.25, 0.3) is 0 Å². The molecule has 0 saturated heterocycles. The molecular weight excluding hydrogens is 205 g/mol. The molecule has 1 nitrogen and oxygen atoms in total. The third kappa shape index (κ3) is 3.67. The largest absolute Gasteiger partial charge is 1.00 e. The molecule has 1 aromatic rings. The van der Waals surface area contributed by atoms with Crippen LogP contribution in [-0.4, -0.2) is 4.98 Å². The minimum atomic E-state index is -0.769. The molecule has 0 aliphatic carbocycles. The van der Waals surface area contributed by atoms with Gasteiger partial charge in [0.05, 0.1) is 0 Å². The van der Waals surface area contributed by atoms with Crippen LogP contribution in [0, 0.1) is 0 Å². The Morgan fingerprint density at radius 2 is 1.90 bits per heavy atom. The van der Waals surface area contributed by atoms with Crippen molar-refractivity contribution in [2.75, 3.05) is 0 Å². The molecule has 0 aromatic carbocycles. The van der Waals surface area contributed by atoms with Crippen molar-refractivity contribution in [3.8, 4) is 0 Å². The molecule has 0 unspecified atom stereocenters. The van der Waals surface area contributed by atoms with Crippen LogP contribution in [0.1, 0.15) is 0 Å². The fourth-order valence-corrected chi connectivity index (χ4v) is 1.89. The van der Waals surface area contributed by atoms with Crippen molar-refractivity contribution in [3.63, 3.8) is 0 Å². The van der Waals surface area contributed by atoms with Crippen LogP contribution in [0.2, 0.25) is 10.5 Å². The summed E-state index contributed by atoms with van der Waals surface area (Å²) in [7, 11) is 0. The third-order valence-electron chi connectivity index (χ3n) is 1.14. The number of rotatable bonds is 1. The summed E-state index contributed by atoms with van der Waals surface area (Å²) in [6.07, 6.45) is 2.00. The smallest absolute Gasteiger partial charge is 1.00 e.